The van der Waals surface area contributed by atoms with E-state index < -0.39 is 0 Å². The average Bonchev–Trinajstić information content (AvgIpc) is 2.68. The standard InChI is InChI=1S/C21H28ClN3O2S/c1-25(2)12-13-27-19-9-6-17(14-20(19)26-3)15-24-21(28)23-11-10-16-4-7-18(22)8-5-16/h4-9,14H,10-13,15H2,1-3H3,(H2,23,24,28). The van der Waals surface area contributed by atoms with Gasteiger partial charge in [0.2, 0.25) is 0 Å². The van der Waals surface area contributed by atoms with Crippen LogP contribution in [0.25, 0.3) is 0 Å². The summed E-state index contributed by atoms with van der Waals surface area (Å²) < 4.78 is 11.2. The topological polar surface area (TPSA) is 45.8 Å². The zero-order valence-corrected chi connectivity index (χ0v) is 18.2. The summed E-state index contributed by atoms with van der Waals surface area (Å²) in [5, 5.41) is 7.81. The van der Waals surface area contributed by atoms with E-state index in [4.69, 9.17) is 33.3 Å². The van der Waals surface area contributed by atoms with Crippen molar-refractivity contribution in [2.45, 2.75) is 13.0 Å². The first-order valence-electron chi connectivity index (χ1n) is 9.18. The molecule has 0 bridgehead atoms. The minimum Gasteiger partial charge on any atom is -0.493 e. The van der Waals surface area contributed by atoms with Crippen molar-refractivity contribution in [2.24, 2.45) is 0 Å². The minimum absolute atomic E-state index is 0.612. The Kier molecular flexibility index (Phi) is 9.34. The lowest BCUT2D eigenvalue weighted by molar-refractivity contribution is 0.250. The molecule has 2 aromatic carbocycles. The first-order valence-corrected chi connectivity index (χ1v) is 9.97. The lowest BCUT2D eigenvalue weighted by Gasteiger charge is -2.15. The maximum atomic E-state index is 5.90. The van der Waals surface area contributed by atoms with Gasteiger partial charge in [-0.3, -0.25) is 0 Å². The van der Waals surface area contributed by atoms with Crippen LogP contribution in [0.2, 0.25) is 5.02 Å². The molecule has 0 radical (unpaired) electrons. The van der Waals surface area contributed by atoms with Crippen LogP contribution in [0.3, 0.4) is 0 Å². The molecule has 0 aromatic heterocycles. The van der Waals surface area contributed by atoms with E-state index in [1.54, 1.807) is 7.11 Å². The Morgan fingerprint density at radius 3 is 2.43 bits per heavy atom. The minimum atomic E-state index is 0.612. The number of hydrogen-bond acceptors (Lipinski definition) is 4. The van der Waals surface area contributed by atoms with Crippen LogP contribution >= 0.6 is 23.8 Å². The van der Waals surface area contributed by atoms with Gasteiger partial charge in [0.05, 0.1) is 7.11 Å². The van der Waals surface area contributed by atoms with E-state index in [-0.39, 0.29) is 0 Å². The molecule has 0 unspecified atom stereocenters. The highest BCUT2D eigenvalue weighted by Crippen LogP contribution is 2.28. The number of ether oxygens (including phenoxy) is 2. The molecule has 2 rings (SSSR count). The first-order chi connectivity index (χ1) is 13.5. The Balaban J connectivity index is 1.76. The van der Waals surface area contributed by atoms with Crippen LogP contribution < -0.4 is 20.1 Å². The fourth-order valence-electron chi connectivity index (χ4n) is 2.50. The van der Waals surface area contributed by atoms with Crippen molar-refractivity contribution in [3.8, 4) is 11.5 Å². The van der Waals surface area contributed by atoms with Crippen molar-refractivity contribution in [1.82, 2.24) is 15.5 Å². The fraction of sp³-hybridized carbons (Fsp3) is 0.381. The molecule has 152 valence electrons. The monoisotopic (exact) mass is 421 g/mol. The number of likely N-dealkylation sites (N-methyl/N-ethyl adjacent to an activating group) is 1. The molecule has 0 aliphatic rings. The van der Waals surface area contributed by atoms with Crippen LogP contribution in [0.1, 0.15) is 11.1 Å². The number of thiocarbonyl (C=S) groups is 1. The molecular formula is C21H28ClN3O2S. The third kappa shape index (κ3) is 7.92. The molecule has 0 spiro atoms. The molecular weight excluding hydrogens is 394 g/mol. The number of rotatable bonds is 10. The summed E-state index contributed by atoms with van der Waals surface area (Å²) in [7, 11) is 5.68. The number of benzene rings is 2. The number of hydrogen-bond donors (Lipinski definition) is 2. The second kappa shape index (κ2) is 11.7. The summed E-state index contributed by atoms with van der Waals surface area (Å²) in [6.45, 7) is 2.83. The van der Waals surface area contributed by atoms with Crippen molar-refractivity contribution in [3.05, 3.63) is 58.6 Å². The van der Waals surface area contributed by atoms with Crippen molar-refractivity contribution < 1.29 is 9.47 Å². The molecule has 0 aliphatic carbocycles. The van der Waals surface area contributed by atoms with Crippen molar-refractivity contribution in [2.75, 3.05) is 40.9 Å². The third-order valence-corrected chi connectivity index (χ3v) is 4.63. The van der Waals surface area contributed by atoms with Crippen LogP contribution in [-0.2, 0) is 13.0 Å². The van der Waals surface area contributed by atoms with Crippen LogP contribution in [0, 0.1) is 0 Å². The van der Waals surface area contributed by atoms with Crippen LogP contribution in [0.15, 0.2) is 42.5 Å². The van der Waals surface area contributed by atoms with Crippen molar-refractivity contribution >= 4 is 28.9 Å². The molecule has 0 heterocycles. The Hall–Kier alpha value is -2.02. The van der Waals surface area contributed by atoms with Gasteiger partial charge in [-0.15, -0.1) is 0 Å². The van der Waals surface area contributed by atoms with Gasteiger partial charge in [0.25, 0.3) is 0 Å². The van der Waals surface area contributed by atoms with Crippen LogP contribution in [0.4, 0.5) is 0 Å². The van der Waals surface area contributed by atoms with E-state index in [9.17, 15) is 0 Å². The van der Waals surface area contributed by atoms with E-state index in [1.165, 1.54) is 5.56 Å². The molecule has 5 nitrogen and oxygen atoms in total. The van der Waals surface area contributed by atoms with E-state index >= 15 is 0 Å². The summed E-state index contributed by atoms with van der Waals surface area (Å²) in [6, 6.07) is 13.8. The lowest BCUT2D eigenvalue weighted by atomic mass is 10.1. The maximum absolute atomic E-state index is 5.90. The number of methoxy groups -OCH3 is 1. The Morgan fingerprint density at radius 1 is 1.04 bits per heavy atom. The van der Waals surface area contributed by atoms with Crippen LogP contribution in [0.5, 0.6) is 11.5 Å². The predicted octanol–water partition coefficient (Wildman–Crippen LogP) is 3.50. The number of nitrogens with one attached hydrogen (secondary N) is 2. The molecule has 0 saturated heterocycles. The molecule has 28 heavy (non-hydrogen) atoms. The Morgan fingerprint density at radius 2 is 1.75 bits per heavy atom. The number of nitrogens with zero attached hydrogens (tertiary/aromatic N) is 1. The van der Waals surface area contributed by atoms with Gasteiger partial charge in [0, 0.05) is 24.7 Å². The first kappa shape index (κ1) is 22.3. The molecule has 2 aromatic rings. The van der Waals surface area contributed by atoms with Gasteiger partial charge in [0.15, 0.2) is 16.6 Å². The molecule has 2 N–H and O–H groups in total. The highest BCUT2D eigenvalue weighted by atomic mass is 35.5. The van der Waals surface area contributed by atoms with Crippen LogP contribution in [-0.4, -0.2) is 50.9 Å². The molecule has 7 heteroatoms. The van der Waals surface area contributed by atoms with Gasteiger partial charge in [0.1, 0.15) is 6.61 Å². The zero-order chi connectivity index (χ0) is 20.4. The van der Waals surface area contributed by atoms with E-state index in [0.29, 0.717) is 18.3 Å². The predicted molar refractivity (Wildman–Crippen MR) is 120 cm³/mol. The van der Waals surface area contributed by atoms with Gasteiger partial charge < -0.3 is 25.0 Å². The Bertz CT molecular complexity index is 754. The zero-order valence-electron chi connectivity index (χ0n) is 16.6. The molecule has 0 amide bonds. The molecule has 0 fully saturated rings. The summed E-state index contributed by atoms with van der Waals surface area (Å²) in [6.07, 6.45) is 0.881. The summed E-state index contributed by atoms with van der Waals surface area (Å²) in [4.78, 5) is 2.08. The molecule has 0 aliphatic heterocycles. The van der Waals surface area contributed by atoms with Gasteiger partial charge in [-0.2, -0.15) is 0 Å². The highest BCUT2D eigenvalue weighted by Gasteiger charge is 2.07. The van der Waals surface area contributed by atoms with E-state index in [2.05, 4.69) is 15.5 Å². The normalized spacial score (nSPS) is 10.6. The SMILES string of the molecule is COc1cc(CNC(=S)NCCc2ccc(Cl)cc2)ccc1OCCN(C)C. The second-order valence-electron chi connectivity index (χ2n) is 6.62. The maximum Gasteiger partial charge on any atom is 0.166 e. The van der Waals surface area contributed by atoms with Gasteiger partial charge >= 0.3 is 0 Å². The van der Waals surface area contributed by atoms with Crippen molar-refractivity contribution in [3.63, 3.8) is 0 Å². The summed E-state index contributed by atoms with van der Waals surface area (Å²) in [5.74, 6) is 1.47. The van der Waals surface area contributed by atoms with E-state index in [1.807, 2.05) is 56.6 Å². The molecule has 0 atom stereocenters. The highest BCUT2D eigenvalue weighted by molar-refractivity contribution is 7.80. The number of halogens is 1. The van der Waals surface area contributed by atoms with Gasteiger partial charge in [-0.25, -0.2) is 0 Å². The third-order valence-electron chi connectivity index (χ3n) is 4.09. The lowest BCUT2D eigenvalue weighted by Crippen LogP contribution is -2.35. The van der Waals surface area contributed by atoms with E-state index in [0.717, 1.165) is 41.6 Å². The van der Waals surface area contributed by atoms with Gasteiger partial charge in [-0.05, 0) is 68.1 Å². The largest absolute Gasteiger partial charge is 0.493 e. The summed E-state index contributed by atoms with van der Waals surface area (Å²) in [5.41, 5.74) is 2.29. The second-order valence-corrected chi connectivity index (χ2v) is 7.47. The smallest absolute Gasteiger partial charge is 0.166 e. The van der Waals surface area contributed by atoms with Crippen molar-refractivity contribution in [1.29, 1.82) is 0 Å². The quantitative estimate of drug-likeness (QED) is 0.572. The Labute approximate surface area is 178 Å². The van der Waals surface area contributed by atoms with Gasteiger partial charge in [-0.1, -0.05) is 29.8 Å². The fourth-order valence-corrected chi connectivity index (χ4v) is 2.80. The summed E-state index contributed by atoms with van der Waals surface area (Å²) >= 11 is 11.3. The molecule has 0 saturated carbocycles. The average molecular weight is 422 g/mol.